The van der Waals surface area contributed by atoms with E-state index in [-0.39, 0.29) is 6.04 Å². The number of thiophene rings is 1. The van der Waals surface area contributed by atoms with Crippen LogP contribution in [-0.2, 0) is 6.54 Å². The number of benzene rings is 1. The van der Waals surface area contributed by atoms with E-state index >= 15 is 0 Å². The second kappa shape index (κ2) is 6.32. The molecule has 0 bridgehead atoms. The van der Waals surface area contributed by atoms with Gasteiger partial charge in [-0.2, -0.15) is 0 Å². The second-order valence-corrected chi connectivity index (χ2v) is 6.17. The SMILES string of the molecule is C[C@@H](NCc1cc(C(=O)O)cs1)c1ccc(Br)cc1. The van der Waals surface area contributed by atoms with Crippen LogP contribution in [0.4, 0.5) is 0 Å². The molecule has 1 aromatic heterocycles. The smallest absolute Gasteiger partial charge is 0.336 e. The van der Waals surface area contributed by atoms with Crippen LogP contribution in [0.25, 0.3) is 0 Å². The van der Waals surface area contributed by atoms with Gasteiger partial charge >= 0.3 is 5.97 Å². The monoisotopic (exact) mass is 339 g/mol. The molecule has 1 aromatic carbocycles. The fraction of sp³-hybridized carbons (Fsp3) is 0.214. The van der Waals surface area contributed by atoms with Gasteiger partial charge in [0.1, 0.15) is 0 Å². The van der Waals surface area contributed by atoms with E-state index in [1.807, 2.05) is 12.1 Å². The molecule has 3 nitrogen and oxygen atoms in total. The summed E-state index contributed by atoms with van der Waals surface area (Å²) in [6, 6.07) is 10.1. The zero-order valence-corrected chi connectivity index (χ0v) is 12.8. The lowest BCUT2D eigenvalue weighted by molar-refractivity contribution is 0.0697. The Balaban J connectivity index is 1.94. The number of halogens is 1. The highest BCUT2D eigenvalue weighted by Gasteiger charge is 2.08. The number of carboxylic acid groups (broad SMARTS) is 1. The highest BCUT2D eigenvalue weighted by molar-refractivity contribution is 9.10. The van der Waals surface area contributed by atoms with Crippen LogP contribution < -0.4 is 5.32 Å². The van der Waals surface area contributed by atoms with Crippen LogP contribution in [-0.4, -0.2) is 11.1 Å². The van der Waals surface area contributed by atoms with Gasteiger partial charge in [0.25, 0.3) is 0 Å². The van der Waals surface area contributed by atoms with Gasteiger partial charge in [-0.15, -0.1) is 11.3 Å². The second-order valence-electron chi connectivity index (χ2n) is 4.26. The number of carbonyl (C=O) groups is 1. The van der Waals surface area contributed by atoms with Crippen molar-refractivity contribution in [2.24, 2.45) is 0 Å². The van der Waals surface area contributed by atoms with Crippen molar-refractivity contribution in [2.75, 3.05) is 0 Å². The molecule has 0 unspecified atom stereocenters. The Morgan fingerprint density at radius 1 is 1.42 bits per heavy atom. The average Bonchev–Trinajstić information content (AvgIpc) is 2.86. The van der Waals surface area contributed by atoms with E-state index in [4.69, 9.17) is 5.11 Å². The summed E-state index contributed by atoms with van der Waals surface area (Å²) < 4.78 is 1.06. The van der Waals surface area contributed by atoms with E-state index in [1.165, 1.54) is 16.9 Å². The van der Waals surface area contributed by atoms with Crippen LogP contribution in [0.2, 0.25) is 0 Å². The average molecular weight is 340 g/mol. The van der Waals surface area contributed by atoms with Crippen LogP contribution in [0.3, 0.4) is 0 Å². The molecule has 0 aliphatic carbocycles. The van der Waals surface area contributed by atoms with Crippen LogP contribution in [0, 0.1) is 0 Å². The lowest BCUT2D eigenvalue weighted by Crippen LogP contribution is -2.17. The Bertz CT molecular complexity index is 565. The molecule has 100 valence electrons. The van der Waals surface area contributed by atoms with E-state index in [1.54, 1.807) is 11.4 Å². The first-order valence-corrected chi connectivity index (χ1v) is 7.53. The molecule has 0 aliphatic heterocycles. The molecule has 0 aliphatic rings. The first-order chi connectivity index (χ1) is 9.06. The van der Waals surface area contributed by atoms with Crippen molar-refractivity contribution in [2.45, 2.75) is 19.5 Å². The van der Waals surface area contributed by atoms with Crippen molar-refractivity contribution in [3.8, 4) is 0 Å². The molecule has 0 fully saturated rings. The molecular weight excluding hydrogens is 326 g/mol. The number of rotatable bonds is 5. The molecule has 2 N–H and O–H groups in total. The quantitative estimate of drug-likeness (QED) is 0.863. The summed E-state index contributed by atoms with van der Waals surface area (Å²) >= 11 is 4.88. The maximum atomic E-state index is 10.8. The Morgan fingerprint density at radius 2 is 2.11 bits per heavy atom. The van der Waals surface area contributed by atoms with Gasteiger partial charge in [0, 0.05) is 27.3 Å². The van der Waals surface area contributed by atoms with Crippen molar-refractivity contribution >= 4 is 33.2 Å². The van der Waals surface area contributed by atoms with E-state index in [2.05, 4.69) is 40.3 Å². The van der Waals surface area contributed by atoms with Gasteiger partial charge in [0.15, 0.2) is 0 Å². The predicted octanol–water partition coefficient (Wildman–Crippen LogP) is 4.06. The van der Waals surface area contributed by atoms with Gasteiger partial charge < -0.3 is 10.4 Å². The van der Waals surface area contributed by atoms with E-state index < -0.39 is 5.97 Å². The van der Waals surface area contributed by atoms with E-state index in [0.29, 0.717) is 12.1 Å². The first kappa shape index (κ1) is 14.2. The summed E-state index contributed by atoms with van der Waals surface area (Å²) in [4.78, 5) is 11.8. The zero-order chi connectivity index (χ0) is 13.8. The molecule has 2 rings (SSSR count). The van der Waals surface area contributed by atoms with E-state index in [0.717, 1.165) is 9.35 Å². The third kappa shape index (κ3) is 3.89. The van der Waals surface area contributed by atoms with Crippen molar-refractivity contribution in [1.82, 2.24) is 5.32 Å². The van der Waals surface area contributed by atoms with Gasteiger partial charge in [-0.25, -0.2) is 4.79 Å². The lowest BCUT2D eigenvalue weighted by atomic mass is 10.1. The Hall–Kier alpha value is -1.17. The lowest BCUT2D eigenvalue weighted by Gasteiger charge is -2.13. The molecule has 0 amide bonds. The molecule has 1 atom stereocenters. The van der Waals surface area contributed by atoms with Crippen LogP contribution >= 0.6 is 27.3 Å². The molecule has 2 aromatic rings. The minimum absolute atomic E-state index is 0.225. The summed E-state index contributed by atoms with van der Waals surface area (Å²) in [6.45, 7) is 2.77. The maximum absolute atomic E-state index is 10.8. The minimum Gasteiger partial charge on any atom is -0.478 e. The van der Waals surface area contributed by atoms with Gasteiger partial charge in [0.05, 0.1) is 5.56 Å². The van der Waals surface area contributed by atoms with Crippen LogP contribution in [0.5, 0.6) is 0 Å². The molecule has 1 heterocycles. The molecule has 0 radical (unpaired) electrons. The van der Waals surface area contributed by atoms with Crippen molar-refractivity contribution in [1.29, 1.82) is 0 Å². The van der Waals surface area contributed by atoms with Gasteiger partial charge in [-0.1, -0.05) is 28.1 Å². The van der Waals surface area contributed by atoms with Gasteiger partial charge in [-0.3, -0.25) is 0 Å². The standard InChI is InChI=1S/C14H14BrNO2S/c1-9(10-2-4-12(15)5-3-10)16-7-13-6-11(8-19-13)14(17)18/h2-6,8-9,16H,7H2,1H3,(H,17,18)/t9-/m1/s1. The third-order valence-electron chi connectivity index (χ3n) is 2.85. The molecule has 5 heteroatoms. The summed E-state index contributed by atoms with van der Waals surface area (Å²) in [5.74, 6) is -0.872. The van der Waals surface area contributed by atoms with Crippen molar-refractivity contribution in [3.63, 3.8) is 0 Å². The number of carboxylic acids is 1. The zero-order valence-electron chi connectivity index (χ0n) is 10.4. The molecule has 19 heavy (non-hydrogen) atoms. The molecule has 0 saturated heterocycles. The largest absolute Gasteiger partial charge is 0.478 e. The van der Waals surface area contributed by atoms with Crippen LogP contribution in [0.1, 0.15) is 33.8 Å². The Kier molecular flexibility index (Phi) is 4.74. The summed E-state index contributed by atoms with van der Waals surface area (Å²) in [7, 11) is 0. The Morgan fingerprint density at radius 3 is 2.68 bits per heavy atom. The first-order valence-electron chi connectivity index (χ1n) is 5.86. The topological polar surface area (TPSA) is 49.3 Å². The van der Waals surface area contributed by atoms with Crippen molar-refractivity contribution < 1.29 is 9.90 Å². The van der Waals surface area contributed by atoms with Crippen LogP contribution in [0.15, 0.2) is 40.2 Å². The number of aromatic carboxylic acids is 1. The molecule has 0 spiro atoms. The fourth-order valence-corrected chi connectivity index (χ4v) is 2.78. The Labute approximate surface area is 124 Å². The summed E-state index contributed by atoms with van der Waals surface area (Å²) in [5.41, 5.74) is 1.57. The third-order valence-corrected chi connectivity index (χ3v) is 4.32. The van der Waals surface area contributed by atoms with Crippen molar-refractivity contribution in [3.05, 3.63) is 56.2 Å². The number of hydrogen-bond donors (Lipinski definition) is 2. The fourth-order valence-electron chi connectivity index (χ4n) is 1.71. The maximum Gasteiger partial charge on any atom is 0.336 e. The number of hydrogen-bond acceptors (Lipinski definition) is 3. The summed E-state index contributed by atoms with van der Waals surface area (Å²) in [5, 5.41) is 13.9. The highest BCUT2D eigenvalue weighted by atomic mass is 79.9. The van der Waals surface area contributed by atoms with Gasteiger partial charge in [-0.05, 0) is 30.7 Å². The molecule has 0 saturated carbocycles. The van der Waals surface area contributed by atoms with Gasteiger partial charge in [0.2, 0.25) is 0 Å². The van der Waals surface area contributed by atoms with E-state index in [9.17, 15) is 4.79 Å². The number of nitrogens with one attached hydrogen (secondary N) is 1. The predicted molar refractivity (Wildman–Crippen MR) is 80.7 cm³/mol. The summed E-state index contributed by atoms with van der Waals surface area (Å²) in [6.07, 6.45) is 0. The molecular formula is C14H14BrNO2S. The normalized spacial score (nSPS) is 12.3. The highest BCUT2D eigenvalue weighted by Crippen LogP contribution is 2.19. The minimum atomic E-state index is -0.872.